The highest BCUT2D eigenvalue weighted by Crippen LogP contribution is 2.17. The molecule has 0 amide bonds. The highest BCUT2D eigenvalue weighted by molar-refractivity contribution is 5.73. The third-order valence-electron chi connectivity index (χ3n) is 2.19. The van der Waals surface area contributed by atoms with Crippen molar-refractivity contribution in [2.75, 3.05) is 0 Å². The minimum absolute atomic E-state index is 0.130. The molecule has 1 aromatic rings. The zero-order valence-electron chi connectivity index (χ0n) is 8.35. The van der Waals surface area contributed by atoms with E-state index in [1.165, 1.54) is 0 Å². The van der Waals surface area contributed by atoms with Crippen LogP contribution in [-0.4, -0.2) is 5.97 Å². The van der Waals surface area contributed by atoms with Crippen LogP contribution in [0.3, 0.4) is 0 Å². The van der Waals surface area contributed by atoms with Gasteiger partial charge in [0, 0.05) is 6.42 Å². The van der Waals surface area contributed by atoms with Crippen LogP contribution in [0.1, 0.15) is 18.4 Å². The molecule has 1 aromatic carbocycles. The van der Waals surface area contributed by atoms with Crippen LogP contribution in [0.4, 0.5) is 0 Å². The van der Waals surface area contributed by atoms with Gasteiger partial charge in [-0.3, -0.25) is 4.79 Å². The molecule has 0 aromatic heterocycles. The lowest BCUT2D eigenvalue weighted by Gasteiger charge is -1.92. The van der Waals surface area contributed by atoms with Crippen molar-refractivity contribution >= 4 is 12.0 Å². The summed E-state index contributed by atoms with van der Waals surface area (Å²) in [4.78, 5) is 10.8. The lowest BCUT2D eigenvalue weighted by molar-refractivity contribution is -0.135. The maximum Gasteiger partial charge on any atom is 0.311 e. The van der Waals surface area contributed by atoms with Crippen LogP contribution in [0.25, 0.3) is 6.08 Å². The molecular weight excluding hydrogens is 188 g/mol. The Morgan fingerprint density at radius 1 is 1.13 bits per heavy atom. The summed E-state index contributed by atoms with van der Waals surface area (Å²) in [5, 5.41) is 0. The molecule has 2 nitrogen and oxygen atoms in total. The first-order valence-corrected chi connectivity index (χ1v) is 4.97. The molecule has 2 rings (SSSR count). The molecule has 15 heavy (non-hydrogen) atoms. The highest BCUT2D eigenvalue weighted by Gasteiger charge is 2.15. The van der Waals surface area contributed by atoms with Gasteiger partial charge in [0.25, 0.3) is 0 Å². The summed E-state index contributed by atoms with van der Waals surface area (Å²) in [6.45, 7) is 0. The van der Waals surface area contributed by atoms with Crippen molar-refractivity contribution in [3.8, 4) is 0 Å². The summed E-state index contributed by atoms with van der Waals surface area (Å²) < 4.78 is 4.97. The van der Waals surface area contributed by atoms with Gasteiger partial charge in [-0.15, -0.1) is 0 Å². The fourth-order valence-corrected chi connectivity index (χ4v) is 1.42. The van der Waals surface area contributed by atoms with Crippen molar-refractivity contribution < 1.29 is 9.53 Å². The van der Waals surface area contributed by atoms with Gasteiger partial charge in [-0.25, -0.2) is 0 Å². The number of ether oxygens (including phenoxy) is 1. The first kappa shape index (κ1) is 9.71. The highest BCUT2D eigenvalue weighted by atomic mass is 16.5. The van der Waals surface area contributed by atoms with Crippen LogP contribution in [0, 0.1) is 0 Å². The Morgan fingerprint density at radius 3 is 2.60 bits per heavy atom. The number of benzene rings is 1. The van der Waals surface area contributed by atoms with Gasteiger partial charge in [0.05, 0.1) is 6.42 Å². The topological polar surface area (TPSA) is 26.3 Å². The molecule has 1 aliphatic heterocycles. The molecule has 0 radical (unpaired) electrons. The molecule has 0 N–H and O–H groups in total. The van der Waals surface area contributed by atoms with Gasteiger partial charge in [-0.2, -0.15) is 0 Å². The third kappa shape index (κ3) is 2.81. The number of cyclic esters (lactones) is 1. The van der Waals surface area contributed by atoms with Gasteiger partial charge < -0.3 is 4.74 Å². The fourth-order valence-electron chi connectivity index (χ4n) is 1.42. The monoisotopic (exact) mass is 200 g/mol. The maximum absolute atomic E-state index is 10.8. The number of esters is 1. The molecule has 76 valence electrons. The zero-order chi connectivity index (χ0) is 10.5. The maximum atomic E-state index is 10.8. The van der Waals surface area contributed by atoms with Gasteiger partial charge in [-0.05, 0) is 11.6 Å². The van der Waals surface area contributed by atoms with Gasteiger partial charge in [0.2, 0.25) is 0 Å². The number of carbonyl (C=O) groups is 1. The summed E-state index contributed by atoms with van der Waals surface area (Å²) in [6, 6.07) is 10.0. The van der Waals surface area contributed by atoms with Gasteiger partial charge in [-0.1, -0.05) is 42.5 Å². The van der Waals surface area contributed by atoms with E-state index in [1.54, 1.807) is 0 Å². The molecule has 0 saturated carbocycles. The summed E-state index contributed by atoms with van der Waals surface area (Å²) in [7, 11) is 0. The van der Waals surface area contributed by atoms with Crippen LogP contribution in [0.15, 0.2) is 48.2 Å². The van der Waals surface area contributed by atoms with Crippen LogP contribution >= 0.6 is 0 Å². The average Bonchev–Trinajstić information content (AvgIpc) is 2.66. The Morgan fingerprint density at radius 2 is 1.93 bits per heavy atom. The Labute approximate surface area is 88.9 Å². The quantitative estimate of drug-likeness (QED) is 0.686. The molecule has 1 aliphatic rings. The molecule has 0 aliphatic carbocycles. The average molecular weight is 200 g/mol. The first-order chi connectivity index (χ1) is 7.34. The summed E-state index contributed by atoms with van der Waals surface area (Å²) in [6.07, 6.45) is 6.96. The van der Waals surface area contributed by atoms with Crippen LogP contribution in [0.5, 0.6) is 0 Å². The van der Waals surface area contributed by atoms with E-state index >= 15 is 0 Å². The van der Waals surface area contributed by atoms with Gasteiger partial charge in [0.15, 0.2) is 0 Å². The zero-order valence-corrected chi connectivity index (χ0v) is 8.35. The van der Waals surface area contributed by atoms with E-state index in [0.29, 0.717) is 6.42 Å². The molecule has 0 bridgehead atoms. The van der Waals surface area contributed by atoms with Crippen molar-refractivity contribution in [1.29, 1.82) is 0 Å². The van der Waals surface area contributed by atoms with E-state index in [1.807, 2.05) is 48.6 Å². The van der Waals surface area contributed by atoms with Gasteiger partial charge >= 0.3 is 5.97 Å². The normalized spacial score (nSPS) is 18.7. The molecular formula is C13H12O2. The summed E-state index contributed by atoms with van der Waals surface area (Å²) in [5.74, 6) is 0.626. The van der Waals surface area contributed by atoms with Crippen molar-refractivity contribution in [2.45, 2.75) is 12.8 Å². The summed E-state index contributed by atoms with van der Waals surface area (Å²) in [5.41, 5.74) is 1.14. The summed E-state index contributed by atoms with van der Waals surface area (Å²) >= 11 is 0. The second kappa shape index (κ2) is 4.60. The van der Waals surface area contributed by atoms with Crippen molar-refractivity contribution in [3.05, 3.63) is 53.8 Å². The molecule has 0 unspecified atom stereocenters. The Bertz CT molecular complexity index is 402. The second-order valence-electron chi connectivity index (χ2n) is 3.38. The molecule has 1 fully saturated rings. The van der Waals surface area contributed by atoms with E-state index < -0.39 is 0 Å². The predicted molar refractivity (Wildman–Crippen MR) is 58.9 cm³/mol. The molecule has 0 spiro atoms. The molecule has 0 atom stereocenters. The Kier molecular flexibility index (Phi) is 2.98. The van der Waals surface area contributed by atoms with E-state index in [2.05, 4.69) is 0 Å². The minimum atomic E-state index is -0.130. The molecule has 1 saturated heterocycles. The van der Waals surface area contributed by atoms with Crippen LogP contribution < -0.4 is 0 Å². The Balaban J connectivity index is 1.98. The second-order valence-corrected chi connectivity index (χ2v) is 3.38. The molecule has 1 heterocycles. The van der Waals surface area contributed by atoms with E-state index in [-0.39, 0.29) is 5.97 Å². The number of allylic oxidation sites excluding steroid dienone is 3. The number of hydrogen-bond donors (Lipinski definition) is 0. The van der Waals surface area contributed by atoms with E-state index in [4.69, 9.17) is 4.74 Å². The minimum Gasteiger partial charge on any atom is -0.431 e. The molecule has 2 heteroatoms. The van der Waals surface area contributed by atoms with Crippen LogP contribution in [-0.2, 0) is 9.53 Å². The van der Waals surface area contributed by atoms with Crippen LogP contribution in [0.2, 0.25) is 0 Å². The standard InChI is InChI=1S/C13H12O2/c14-13-10-9-12(15-13)8-4-7-11-5-2-1-3-6-11/h1-8H,9-10H2/b7-4+,12-8+. The number of hydrogen-bond acceptors (Lipinski definition) is 2. The van der Waals surface area contributed by atoms with Crippen molar-refractivity contribution in [3.63, 3.8) is 0 Å². The van der Waals surface area contributed by atoms with Crippen molar-refractivity contribution in [2.24, 2.45) is 0 Å². The van der Waals surface area contributed by atoms with Crippen molar-refractivity contribution in [1.82, 2.24) is 0 Å². The van der Waals surface area contributed by atoms with E-state index in [9.17, 15) is 4.79 Å². The number of carbonyl (C=O) groups excluding carboxylic acids is 1. The lowest BCUT2D eigenvalue weighted by atomic mass is 10.2. The first-order valence-electron chi connectivity index (χ1n) is 4.97. The largest absolute Gasteiger partial charge is 0.431 e. The third-order valence-corrected chi connectivity index (χ3v) is 2.19. The smallest absolute Gasteiger partial charge is 0.311 e. The van der Waals surface area contributed by atoms with Gasteiger partial charge in [0.1, 0.15) is 5.76 Å². The Hall–Kier alpha value is -1.83. The fraction of sp³-hybridized carbons (Fsp3) is 0.154. The SMILES string of the molecule is O=C1CC/C(=C\C=C\c2ccccc2)O1. The lowest BCUT2D eigenvalue weighted by Crippen LogP contribution is -1.88. The van der Waals surface area contributed by atoms with E-state index in [0.717, 1.165) is 17.7 Å². The number of rotatable bonds is 2. The predicted octanol–water partition coefficient (Wildman–Crippen LogP) is 2.92.